The smallest absolute Gasteiger partial charge is 0.243 e. The van der Waals surface area contributed by atoms with Crippen molar-refractivity contribution in [1.29, 1.82) is 0 Å². The quantitative estimate of drug-likeness (QED) is 0.631. The number of hydrogen-bond donors (Lipinski definition) is 0. The largest absolute Gasteiger partial charge is 0.354 e. The summed E-state index contributed by atoms with van der Waals surface area (Å²) in [6, 6.07) is 22.2. The zero-order valence-corrected chi connectivity index (χ0v) is 16.7. The Morgan fingerprint density at radius 2 is 1.45 bits per heavy atom. The van der Waals surface area contributed by atoms with E-state index in [0.717, 1.165) is 11.4 Å². The first-order chi connectivity index (χ1) is 14.1. The molecule has 1 saturated heterocycles. The van der Waals surface area contributed by atoms with Crippen molar-refractivity contribution in [3.05, 3.63) is 90.1 Å². The maximum Gasteiger partial charge on any atom is 0.243 e. The van der Waals surface area contributed by atoms with Crippen LogP contribution in [0.5, 0.6) is 0 Å². The number of piperazine rings is 1. The van der Waals surface area contributed by atoms with Gasteiger partial charge in [0.1, 0.15) is 5.82 Å². The Balaban J connectivity index is 1.49. The lowest BCUT2D eigenvalue weighted by atomic mass is 10.2. The average molecular weight is 404 g/mol. The summed E-state index contributed by atoms with van der Waals surface area (Å²) in [5, 5.41) is 0. The standard InChI is InChI=1S/C23H21N3O2S/c27-29(28,26-17-15-25(16-18-26)23-11-4-5-14-24-23)22-10-6-9-21(19-22)13-12-20-7-2-1-3-8-20/h1-11,14,19H,15-18H2. The lowest BCUT2D eigenvalue weighted by Gasteiger charge is -2.34. The van der Waals surface area contributed by atoms with E-state index in [9.17, 15) is 8.42 Å². The van der Waals surface area contributed by atoms with Crippen LogP contribution in [0, 0.1) is 11.8 Å². The lowest BCUT2D eigenvalue weighted by molar-refractivity contribution is 0.384. The van der Waals surface area contributed by atoms with Crippen LogP contribution in [0.3, 0.4) is 0 Å². The zero-order valence-electron chi connectivity index (χ0n) is 15.9. The highest BCUT2D eigenvalue weighted by Crippen LogP contribution is 2.20. The molecular weight excluding hydrogens is 382 g/mol. The van der Waals surface area contributed by atoms with Crippen LogP contribution < -0.4 is 4.90 Å². The molecule has 0 aliphatic carbocycles. The Morgan fingerprint density at radius 3 is 2.17 bits per heavy atom. The number of hydrogen-bond acceptors (Lipinski definition) is 4. The number of rotatable bonds is 3. The van der Waals surface area contributed by atoms with E-state index >= 15 is 0 Å². The molecule has 4 rings (SSSR count). The van der Waals surface area contributed by atoms with Gasteiger partial charge < -0.3 is 4.90 Å². The van der Waals surface area contributed by atoms with E-state index in [4.69, 9.17) is 0 Å². The minimum absolute atomic E-state index is 0.281. The van der Waals surface area contributed by atoms with Crippen molar-refractivity contribution in [3.8, 4) is 11.8 Å². The summed E-state index contributed by atoms with van der Waals surface area (Å²) in [6.07, 6.45) is 1.75. The monoisotopic (exact) mass is 403 g/mol. The Bertz CT molecular complexity index is 1130. The zero-order chi connectivity index (χ0) is 20.1. The number of anilines is 1. The van der Waals surface area contributed by atoms with Crippen LogP contribution in [0.2, 0.25) is 0 Å². The fraction of sp³-hybridized carbons (Fsp3) is 0.174. The number of aromatic nitrogens is 1. The molecule has 2 heterocycles. The van der Waals surface area contributed by atoms with Crippen molar-refractivity contribution < 1.29 is 8.42 Å². The van der Waals surface area contributed by atoms with Crippen molar-refractivity contribution in [2.24, 2.45) is 0 Å². The highest BCUT2D eigenvalue weighted by atomic mass is 32.2. The normalized spacial score (nSPS) is 14.8. The SMILES string of the molecule is O=S(=O)(c1cccc(C#Cc2ccccc2)c1)N1CCN(c2ccccn2)CC1. The van der Waals surface area contributed by atoms with E-state index in [-0.39, 0.29) is 4.90 Å². The summed E-state index contributed by atoms with van der Waals surface area (Å²) < 4.78 is 27.7. The molecule has 0 atom stereocenters. The predicted molar refractivity (Wildman–Crippen MR) is 114 cm³/mol. The summed E-state index contributed by atoms with van der Waals surface area (Å²) in [5.74, 6) is 7.00. The molecule has 0 bridgehead atoms. The Kier molecular flexibility index (Phi) is 5.61. The van der Waals surface area contributed by atoms with Crippen LogP contribution in [0.1, 0.15) is 11.1 Å². The van der Waals surface area contributed by atoms with E-state index in [1.807, 2.05) is 54.6 Å². The highest BCUT2D eigenvalue weighted by Gasteiger charge is 2.28. The van der Waals surface area contributed by atoms with Crippen LogP contribution in [-0.2, 0) is 10.0 Å². The summed E-state index contributed by atoms with van der Waals surface area (Å²) >= 11 is 0. The van der Waals surface area contributed by atoms with E-state index in [0.29, 0.717) is 31.7 Å². The van der Waals surface area contributed by atoms with Gasteiger partial charge in [-0.2, -0.15) is 4.31 Å². The molecular formula is C23H21N3O2S. The molecule has 5 nitrogen and oxygen atoms in total. The van der Waals surface area contributed by atoms with Crippen molar-refractivity contribution in [1.82, 2.24) is 9.29 Å². The molecule has 29 heavy (non-hydrogen) atoms. The summed E-state index contributed by atoms with van der Waals surface area (Å²) in [4.78, 5) is 6.73. The fourth-order valence-corrected chi connectivity index (χ4v) is 4.72. The topological polar surface area (TPSA) is 53.5 Å². The molecule has 1 aromatic heterocycles. The van der Waals surface area contributed by atoms with Gasteiger partial charge in [-0.05, 0) is 42.5 Å². The minimum Gasteiger partial charge on any atom is -0.354 e. The molecule has 0 radical (unpaired) electrons. The third-order valence-corrected chi connectivity index (χ3v) is 6.70. The third kappa shape index (κ3) is 4.48. The Hall–Kier alpha value is -3.14. The van der Waals surface area contributed by atoms with Gasteiger partial charge in [-0.3, -0.25) is 0 Å². The first kappa shape index (κ1) is 19.2. The van der Waals surface area contributed by atoms with E-state index < -0.39 is 10.0 Å². The van der Waals surface area contributed by atoms with Gasteiger partial charge in [0.15, 0.2) is 0 Å². The maximum absolute atomic E-state index is 13.1. The molecule has 0 amide bonds. The molecule has 6 heteroatoms. The molecule has 0 spiro atoms. The van der Waals surface area contributed by atoms with E-state index in [2.05, 4.69) is 21.7 Å². The van der Waals surface area contributed by atoms with Crippen molar-refractivity contribution >= 4 is 15.8 Å². The van der Waals surface area contributed by atoms with Crippen molar-refractivity contribution in [2.75, 3.05) is 31.1 Å². The Labute approximate surface area is 171 Å². The molecule has 0 N–H and O–H groups in total. The molecule has 0 saturated carbocycles. The number of nitrogens with zero attached hydrogens (tertiary/aromatic N) is 3. The van der Waals surface area contributed by atoms with Gasteiger partial charge >= 0.3 is 0 Å². The minimum atomic E-state index is -3.55. The Morgan fingerprint density at radius 1 is 0.759 bits per heavy atom. The van der Waals surface area contributed by atoms with Crippen LogP contribution >= 0.6 is 0 Å². The molecule has 1 aliphatic heterocycles. The molecule has 146 valence electrons. The van der Waals surface area contributed by atoms with Gasteiger partial charge in [-0.1, -0.05) is 42.2 Å². The predicted octanol–water partition coefficient (Wildman–Crippen LogP) is 2.99. The van der Waals surface area contributed by atoms with Crippen LogP contribution in [0.15, 0.2) is 83.9 Å². The second kappa shape index (κ2) is 8.48. The van der Waals surface area contributed by atoms with Gasteiger partial charge in [-0.25, -0.2) is 13.4 Å². The number of sulfonamides is 1. The second-order valence-corrected chi connectivity index (χ2v) is 8.66. The first-order valence-electron chi connectivity index (χ1n) is 9.46. The van der Waals surface area contributed by atoms with E-state index in [1.165, 1.54) is 4.31 Å². The van der Waals surface area contributed by atoms with Gasteiger partial charge in [0.2, 0.25) is 10.0 Å². The van der Waals surface area contributed by atoms with Crippen LogP contribution in [-0.4, -0.2) is 43.9 Å². The first-order valence-corrected chi connectivity index (χ1v) is 10.9. The van der Waals surface area contributed by atoms with Gasteiger partial charge in [-0.15, -0.1) is 0 Å². The molecule has 2 aromatic carbocycles. The lowest BCUT2D eigenvalue weighted by Crippen LogP contribution is -2.48. The van der Waals surface area contributed by atoms with Gasteiger partial charge in [0.05, 0.1) is 4.90 Å². The van der Waals surface area contributed by atoms with Crippen molar-refractivity contribution in [3.63, 3.8) is 0 Å². The summed E-state index contributed by atoms with van der Waals surface area (Å²) in [6.45, 7) is 2.09. The molecule has 1 aliphatic rings. The second-order valence-electron chi connectivity index (χ2n) is 6.72. The van der Waals surface area contributed by atoms with E-state index in [1.54, 1.807) is 24.4 Å². The average Bonchev–Trinajstić information content (AvgIpc) is 2.79. The number of benzene rings is 2. The summed E-state index contributed by atoms with van der Waals surface area (Å²) in [5.41, 5.74) is 1.58. The molecule has 1 fully saturated rings. The van der Waals surface area contributed by atoms with Crippen LogP contribution in [0.25, 0.3) is 0 Å². The van der Waals surface area contributed by atoms with Gasteiger partial charge in [0.25, 0.3) is 0 Å². The summed E-state index contributed by atoms with van der Waals surface area (Å²) in [7, 11) is -3.55. The fourth-order valence-electron chi connectivity index (χ4n) is 3.25. The maximum atomic E-state index is 13.1. The third-order valence-electron chi connectivity index (χ3n) is 4.81. The molecule has 0 unspecified atom stereocenters. The number of pyridine rings is 1. The van der Waals surface area contributed by atoms with Crippen molar-refractivity contribution in [2.45, 2.75) is 4.90 Å². The molecule has 3 aromatic rings. The van der Waals surface area contributed by atoms with Gasteiger partial charge in [0, 0.05) is 43.5 Å². The highest BCUT2D eigenvalue weighted by molar-refractivity contribution is 7.89. The van der Waals surface area contributed by atoms with Crippen LogP contribution in [0.4, 0.5) is 5.82 Å².